The third-order valence-electron chi connectivity index (χ3n) is 5.77. The number of rotatable bonds is 3. The first-order valence-corrected chi connectivity index (χ1v) is 9.80. The second-order valence-electron chi connectivity index (χ2n) is 8.87. The molecular formula is C25H30N2. The minimum absolute atomic E-state index is 0.0981. The molecule has 0 radical (unpaired) electrons. The smallest absolute Gasteiger partial charge is 0.0992 e. The monoisotopic (exact) mass is 358 g/mol. The summed E-state index contributed by atoms with van der Waals surface area (Å²) in [6.45, 7) is 19.4. The van der Waals surface area contributed by atoms with Crippen LogP contribution in [0.15, 0.2) is 54.3 Å². The van der Waals surface area contributed by atoms with Gasteiger partial charge in [-0.2, -0.15) is 5.26 Å². The molecule has 0 saturated carbocycles. The van der Waals surface area contributed by atoms with Crippen molar-refractivity contribution in [2.75, 3.05) is 0 Å². The molecular weight excluding hydrogens is 328 g/mol. The second kappa shape index (κ2) is 6.89. The number of fused-ring (bicyclic) bond motifs is 3. The summed E-state index contributed by atoms with van der Waals surface area (Å²) in [7, 11) is 0. The largest absolute Gasteiger partial charge is 0.343 e. The van der Waals surface area contributed by atoms with Crippen LogP contribution in [0.5, 0.6) is 0 Å². The summed E-state index contributed by atoms with van der Waals surface area (Å²) in [5.74, 6) is 0. The first kappa shape index (κ1) is 19.2. The van der Waals surface area contributed by atoms with Gasteiger partial charge in [0, 0.05) is 29.1 Å². The van der Waals surface area contributed by atoms with Gasteiger partial charge in [0.2, 0.25) is 0 Å². The predicted molar refractivity (Wildman–Crippen MR) is 114 cm³/mol. The molecule has 0 amide bonds. The van der Waals surface area contributed by atoms with E-state index < -0.39 is 0 Å². The van der Waals surface area contributed by atoms with Gasteiger partial charge in [-0.1, -0.05) is 53.3 Å². The maximum Gasteiger partial charge on any atom is 0.0992 e. The molecule has 2 nitrogen and oxygen atoms in total. The molecule has 0 saturated heterocycles. The molecule has 27 heavy (non-hydrogen) atoms. The molecule has 0 N–H and O–H groups in total. The zero-order valence-corrected chi connectivity index (χ0v) is 17.3. The molecule has 0 spiro atoms. The van der Waals surface area contributed by atoms with Gasteiger partial charge >= 0.3 is 0 Å². The van der Waals surface area contributed by atoms with Gasteiger partial charge in [-0.05, 0) is 59.6 Å². The van der Waals surface area contributed by atoms with Crippen LogP contribution in [0.2, 0.25) is 0 Å². The fourth-order valence-electron chi connectivity index (χ4n) is 4.20. The van der Waals surface area contributed by atoms with Crippen molar-refractivity contribution >= 4 is 5.70 Å². The molecule has 1 aromatic rings. The number of hydrogen-bond donors (Lipinski definition) is 0. The highest BCUT2D eigenvalue weighted by molar-refractivity contribution is 5.78. The molecule has 0 aromatic heterocycles. The third-order valence-corrected chi connectivity index (χ3v) is 5.77. The Balaban J connectivity index is 2.19. The molecule has 3 rings (SSSR count). The van der Waals surface area contributed by atoms with Crippen LogP contribution < -0.4 is 0 Å². The van der Waals surface area contributed by atoms with Gasteiger partial charge in [-0.15, -0.1) is 0 Å². The summed E-state index contributed by atoms with van der Waals surface area (Å²) in [4.78, 5) is 2.35. The van der Waals surface area contributed by atoms with Crippen molar-refractivity contribution in [1.29, 1.82) is 5.26 Å². The van der Waals surface area contributed by atoms with E-state index in [-0.39, 0.29) is 5.41 Å². The third kappa shape index (κ3) is 3.39. The number of nitrogens with zero attached hydrogens (tertiary/aromatic N) is 2. The first-order valence-electron chi connectivity index (χ1n) is 9.80. The van der Waals surface area contributed by atoms with Crippen LogP contribution >= 0.6 is 0 Å². The molecule has 1 unspecified atom stereocenters. The molecule has 0 aliphatic carbocycles. The Labute approximate surface area is 164 Å². The molecule has 140 valence electrons. The Kier molecular flexibility index (Phi) is 4.91. The Morgan fingerprint density at radius 2 is 2.04 bits per heavy atom. The van der Waals surface area contributed by atoms with E-state index in [1.807, 2.05) is 0 Å². The highest BCUT2D eigenvalue weighted by Crippen LogP contribution is 2.44. The summed E-state index contributed by atoms with van der Waals surface area (Å²) in [5, 5.41) is 9.33. The fourth-order valence-corrected chi connectivity index (χ4v) is 4.20. The number of hydrogen-bond acceptors (Lipinski definition) is 2. The predicted octanol–water partition coefficient (Wildman–Crippen LogP) is 6.09. The van der Waals surface area contributed by atoms with Crippen LogP contribution in [0.3, 0.4) is 0 Å². The second-order valence-corrected chi connectivity index (χ2v) is 8.87. The van der Waals surface area contributed by atoms with Crippen molar-refractivity contribution in [3.05, 3.63) is 76.5 Å². The standard InChI is InChI=1S/C25H30N2/c1-8-9-19-12-20-13-24(25(5,6)7)27-15-22(18(4)14-26)17(3)11-23(27)21(20)10-16(19)2/h10-12,15,24H,3-4,8-9,13H2,1-2,5-7H3. The van der Waals surface area contributed by atoms with Gasteiger partial charge in [0.15, 0.2) is 0 Å². The van der Waals surface area contributed by atoms with Crippen molar-refractivity contribution in [3.8, 4) is 6.07 Å². The Hall–Kier alpha value is -2.53. The van der Waals surface area contributed by atoms with E-state index in [4.69, 9.17) is 0 Å². The van der Waals surface area contributed by atoms with E-state index in [1.165, 1.54) is 28.0 Å². The van der Waals surface area contributed by atoms with Gasteiger partial charge in [0.05, 0.1) is 11.6 Å². The van der Waals surface area contributed by atoms with Crippen molar-refractivity contribution in [2.45, 2.75) is 59.9 Å². The molecule has 0 bridgehead atoms. The van der Waals surface area contributed by atoms with Gasteiger partial charge in [-0.3, -0.25) is 0 Å². The van der Waals surface area contributed by atoms with Crippen LogP contribution in [-0.4, -0.2) is 10.9 Å². The van der Waals surface area contributed by atoms with Gasteiger partial charge in [0.1, 0.15) is 0 Å². The number of nitriles is 1. The minimum atomic E-state index is 0.0981. The zero-order chi connectivity index (χ0) is 19.9. The Bertz CT molecular complexity index is 913. The summed E-state index contributed by atoms with van der Waals surface area (Å²) in [6.07, 6.45) is 7.52. The molecule has 1 atom stereocenters. The van der Waals surface area contributed by atoms with E-state index >= 15 is 0 Å². The minimum Gasteiger partial charge on any atom is -0.343 e. The normalized spacial score (nSPS) is 18.9. The van der Waals surface area contributed by atoms with Gasteiger partial charge in [-0.25, -0.2) is 0 Å². The zero-order valence-electron chi connectivity index (χ0n) is 17.3. The van der Waals surface area contributed by atoms with E-state index in [2.05, 4.69) is 83.2 Å². The lowest BCUT2D eigenvalue weighted by molar-refractivity contribution is 0.189. The fraction of sp³-hybridized carbons (Fsp3) is 0.400. The average molecular weight is 359 g/mol. The summed E-state index contributed by atoms with van der Waals surface area (Å²) < 4.78 is 0. The van der Waals surface area contributed by atoms with Gasteiger partial charge in [0.25, 0.3) is 0 Å². The first-order chi connectivity index (χ1) is 12.7. The maximum absolute atomic E-state index is 9.33. The lowest BCUT2D eigenvalue weighted by Crippen LogP contribution is -2.45. The van der Waals surface area contributed by atoms with Crippen molar-refractivity contribution in [3.63, 3.8) is 0 Å². The van der Waals surface area contributed by atoms with Crippen LogP contribution in [0.4, 0.5) is 0 Å². The maximum atomic E-state index is 9.33. The van der Waals surface area contributed by atoms with Crippen LogP contribution in [0, 0.1) is 23.7 Å². The summed E-state index contributed by atoms with van der Waals surface area (Å²) in [6, 6.07) is 7.26. The molecule has 2 aliphatic rings. The SMILES string of the molecule is C=C(C#N)C1=CN2C(=CC1=C)c1cc(C)c(CCC)cc1CC2C(C)(C)C. The van der Waals surface area contributed by atoms with E-state index in [0.29, 0.717) is 11.6 Å². The van der Waals surface area contributed by atoms with Crippen molar-refractivity contribution in [1.82, 2.24) is 4.90 Å². The number of benzene rings is 1. The highest BCUT2D eigenvalue weighted by atomic mass is 15.2. The van der Waals surface area contributed by atoms with Crippen LogP contribution in [0.25, 0.3) is 5.70 Å². The van der Waals surface area contributed by atoms with E-state index in [9.17, 15) is 5.26 Å². The molecule has 0 fully saturated rings. The molecule has 2 heteroatoms. The molecule has 2 aliphatic heterocycles. The Morgan fingerprint density at radius 3 is 2.63 bits per heavy atom. The number of allylic oxidation sites excluding steroid dienone is 4. The topological polar surface area (TPSA) is 27.0 Å². The number of aryl methyl sites for hydroxylation is 2. The van der Waals surface area contributed by atoms with Gasteiger partial charge < -0.3 is 4.90 Å². The quantitative estimate of drug-likeness (QED) is 0.611. The average Bonchev–Trinajstić information content (AvgIpc) is 2.60. The van der Waals surface area contributed by atoms with Crippen molar-refractivity contribution < 1.29 is 0 Å². The molecule has 1 aromatic carbocycles. The lowest BCUT2D eigenvalue weighted by Gasteiger charge is -2.47. The highest BCUT2D eigenvalue weighted by Gasteiger charge is 2.38. The summed E-state index contributed by atoms with van der Waals surface area (Å²) in [5.41, 5.74) is 9.02. The molecule has 2 heterocycles. The Morgan fingerprint density at radius 1 is 1.33 bits per heavy atom. The van der Waals surface area contributed by atoms with E-state index in [0.717, 1.165) is 30.4 Å². The van der Waals surface area contributed by atoms with E-state index in [1.54, 1.807) is 0 Å². The summed E-state index contributed by atoms with van der Waals surface area (Å²) >= 11 is 0. The van der Waals surface area contributed by atoms with Crippen LogP contribution in [-0.2, 0) is 12.8 Å². The van der Waals surface area contributed by atoms with Crippen molar-refractivity contribution in [2.24, 2.45) is 5.41 Å². The lowest BCUT2D eigenvalue weighted by atomic mass is 9.75. The van der Waals surface area contributed by atoms with Crippen LogP contribution in [0.1, 0.15) is 56.4 Å².